The molecule has 0 spiro atoms. The van der Waals surface area contributed by atoms with Crippen LogP contribution in [0.4, 0.5) is 16.0 Å². The minimum atomic E-state index is -1.02. The predicted molar refractivity (Wildman–Crippen MR) is 332 cm³/mol. The van der Waals surface area contributed by atoms with Gasteiger partial charge in [-0.2, -0.15) is 0 Å². The summed E-state index contributed by atoms with van der Waals surface area (Å²) in [6, 6.07) is 6.37. The lowest BCUT2D eigenvalue weighted by Gasteiger charge is -2.17. The zero-order chi connectivity index (χ0) is 64.2. The molecule has 40 heteroatoms. The second-order valence-corrected chi connectivity index (χ2v) is 28.5. The number of amides is 3. The Hall–Kier alpha value is -7.11. The van der Waals surface area contributed by atoms with Crippen LogP contribution in [-0.4, -0.2) is 163 Å². The van der Waals surface area contributed by atoms with E-state index in [4.69, 9.17) is 68.3 Å². The van der Waals surface area contributed by atoms with Crippen molar-refractivity contribution in [2.24, 2.45) is 21.1 Å². The molecule has 2 fully saturated rings. The van der Waals surface area contributed by atoms with Gasteiger partial charge >= 0.3 is 0 Å². The Morgan fingerprint density at radius 1 is 0.852 bits per heavy atom. The Kier molecular flexibility index (Phi) is 32.2. The average Bonchev–Trinajstić information content (AvgIpc) is 1.66. The maximum atomic E-state index is 12.4. The summed E-state index contributed by atoms with van der Waals surface area (Å²) < 4.78 is 81.5. The molecule has 6 heterocycles. The fourth-order valence-electron chi connectivity index (χ4n) is 8.44. The van der Waals surface area contributed by atoms with Gasteiger partial charge in [0.05, 0.1) is 81.1 Å². The molecule has 468 valence electrons. The summed E-state index contributed by atoms with van der Waals surface area (Å²) in [7, 11) is 0.713. The fraction of sp³-hybridized carbons (Fsp3) is 0.479. The smallest absolute Gasteiger partial charge is 0.251 e. The van der Waals surface area contributed by atoms with Gasteiger partial charge in [-0.15, -0.1) is 0 Å². The number of halogens is 1. The largest absolute Gasteiger partial charge is 0.491 e. The quantitative estimate of drug-likeness (QED) is 0.00660. The molecule has 3 amide bonds. The molecule has 0 saturated carbocycles. The third-order valence-corrected chi connectivity index (χ3v) is 21.0. The number of hydrogen-bond donors (Lipinski definition) is 6. The number of azide groups is 3. The first kappa shape index (κ1) is 70.0. The second-order valence-electron chi connectivity index (χ2n) is 17.6. The number of carbonyl (C=O) groups excluding carboxylic acids is 3. The highest BCUT2D eigenvalue weighted by Gasteiger charge is 2.39. The molecule has 2 aliphatic heterocycles. The van der Waals surface area contributed by atoms with Crippen LogP contribution in [0.2, 0.25) is 0 Å². The van der Waals surface area contributed by atoms with Crippen molar-refractivity contribution < 1.29 is 62.4 Å². The maximum Gasteiger partial charge on any atom is 0.251 e. The summed E-state index contributed by atoms with van der Waals surface area (Å²) in [5, 5.41) is 19.6. The third-order valence-electron chi connectivity index (χ3n) is 12.1. The van der Waals surface area contributed by atoms with E-state index in [1.54, 1.807) is 29.0 Å². The van der Waals surface area contributed by atoms with Gasteiger partial charge < -0.3 is 75.4 Å². The highest BCUT2D eigenvalue weighted by atomic mass is 32.4. The lowest BCUT2D eigenvalue weighted by Crippen LogP contribution is -2.33. The molecule has 33 nitrogen and oxygen atoms in total. The molecule has 0 radical (unpaired) electrons. The van der Waals surface area contributed by atoms with Crippen molar-refractivity contribution in [1.29, 1.82) is 0 Å². The molecule has 2 aliphatic rings. The molecule has 0 aliphatic carbocycles. The first-order valence-electron chi connectivity index (χ1n) is 26.7. The Bertz CT molecular complexity index is 3450. The second kappa shape index (κ2) is 40.4. The summed E-state index contributed by atoms with van der Waals surface area (Å²) in [6.45, 7) is 1.46. The van der Waals surface area contributed by atoms with E-state index < -0.39 is 25.5 Å². The van der Waals surface area contributed by atoms with Crippen molar-refractivity contribution in [3.63, 3.8) is 0 Å². The summed E-state index contributed by atoms with van der Waals surface area (Å²) in [5.41, 5.74) is 46.5. The van der Waals surface area contributed by atoms with E-state index in [1.165, 1.54) is 25.6 Å². The van der Waals surface area contributed by atoms with Crippen LogP contribution in [0.15, 0.2) is 64.7 Å². The summed E-state index contributed by atoms with van der Waals surface area (Å²) in [6.07, 6.45) is 5.56. The highest BCUT2D eigenvalue weighted by Crippen LogP contribution is 2.50. The molecule has 11 atom stereocenters. The number of aromatic nitrogens is 6. The Morgan fingerprint density at radius 3 is 1.95 bits per heavy atom. The van der Waals surface area contributed by atoms with Crippen molar-refractivity contribution in [3.8, 4) is 29.4 Å². The molecule has 4 aromatic heterocycles. The number of nitrogen functional groups attached to an aromatic ring is 2. The summed E-state index contributed by atoms with van der Waals surface area (Å²) in [4.78, 5) is 60.9. The molecule has 0 bridgehead atoms. The van der Waals surface area contributed by atoms with Crippen LogP contribution in [0.25, 0.3) is 53.4 Å². The Labute approximate surface area is 513 Å². The minimum absolute atomic E-state index is 0.00409. The van der Waals surface area contributed by atoms with Gasteiger partial charge in [-0.05, 0) is 63.0 Å². The number of nitrogens with zero attached hydrogens (tertiary/aromatic N) is 15. The van der Waals surface area contributed by atoms with Gasteiger partial charge in [0, 0.05) is 65.5 Å². The normalized spacial score (nSPS) is 18.3. The van der Waals surface area contributed by atoms with E-state index >= 15 is 0 Å². The number of carbonyl (C=O) groups is 3. The fourth-order valence-corrected chi connectivity index (χ4v) is 14.8. The summed E-state index contributed by atoms with van der Waals surface area (Å²) >= 11 is 0. The topological polar surface area (TPSA) is 472 Å². The first-order valence-corrected chi connectivity index (χ1v) is 35.7. The van der Waals surface area contributed by atoms with Gasteiger partial charge in [0.2, 0.25) is 11.8 Å². The number of fused-ring (bicyclic) bond motifs is 2. The van der Waals surface area contributed by atoms with E-state index in [9.17, 15) is 27.9 Å². The van der Waals surface area contributed by atoms with Crippen LogP contribution >= 0.6 is 48.8 Å². The molecule has 2 saturated heterocycles. The van der Waals surface area contributed by atoms with Gasteiger partial charge in [0.25, 0.3) is 5.91 Å². The van der Waals surface area contributed by atoms with Crippen molar-refractivity contribution >= 4 is 100 Å². The van der Waals surface area contributed by atoms with Gasteiger partial charge in [-0.25, -0.2) is 19.9 Å². The average molecular weight is 1330 g/mol. The molecule has 88 heavy (non-hydrogen) atoms. The maximum absolute atomic E-state index is 12.4. The molecule has 1 aromatic carbocycles. The van der Waals surface area contributed by atoms with Crippen LogP contribution < -0.4 is 37.9 Å². The highest BCUT2D eigenvalue weighted by molar-refractivity contribution is 8.40. The van der Waals surface area contributed by atoms with Crippen LogP contribution in [0.3, 0.4) is 0 Å². The number of alkyl halides is 1. The number of nitrogens with one attached hydrogen (secondary N) is 3. The lowest BCUT2D eigenvalue weighted by atomic mass is 10.2. The van der Waals surface area contributed by atoms with E-state index in [1.807, 2.05) is 10.8 Å². The lowest BCUT2D eigenvalue weighted by molar-refractivity contribution is -0.126. The molecular weight excluding hydrogens is 1270 g/mol. The zero-order valence-corrected chi connectivity index (χ0v) is 52.7. The van der Waals surface area contributed by atoms with Gasteiger partial charge in [-0.1, -0.05) is 61.6 Å². The van der Waals surface area contributed by atoms with Gasteiger partial charge in [0.1, 0.15) is 80.5 Å². The monoisotopic (exact) mass is 1330 g/mol. The van der Waals surface area contributed by atoms with Crippen LogP contribution in [0.1, 0.15) is 55.1 Å². The molecule has 5 unspecified atom stereocenters. The number of anilines is 2. The van der Waals surface area contributed by atoms with Crippen molar-refractivity contribution in [2.45, 2.75) is 62.9 Å². The molecular formula is C48H62FN21O12P6. The SMILES string of the molecule is CC(=O)NCCNC(=O)c1cccc(OCC(N=[N+]=[N-])OCCOCC(=O)NCC#Cc2cn([C@H]3C[C@@H](OCN=[N+]=[N-])[C@@H](CPPP=O)O3)c3ncnc(N)c23)c1.[2H]CF.[N-]=[N+]=NCO[C@@H]1C[C@H](n2cc(C#CCN)c3c(N)ncnc32)O[C@@H]1CPPP=O. The summed E-state index contributed by atoms with van der Waals surface area (Å²) in [5.74, 6) is 11.7. The van der Waals surface area contributed by atoms with Gasteiger partial charge in [0.15, 0.2) is 22.5 Å². The standard InChI is InChI=1S/C32H40N13O9P3.C15H19N8O3P3.CH3F/c1-20(46)36-8-9-38-32(48)21-4-2-6-23(12-21)52-16-27(42-44-35)51-11-10-50-15-26(47)37-7-3-5-22-14-45(31-29(22)30(33)39-18-40-31)28-13-24(53-19-41-43-34)25(54-28)17-55-57-56-49;16-3-1-2-9-5-23(15-13(9)14(17)19-7-20-15)12-4-10(25-8-21-22-18)11(26-12)6-27-29-28-24;1-2/h2,4,6,12,14,18,24-25,27-28,55,57H,7-11,13,15-17,19H2,1H3,(H,36,46)(H,37,47)(H,38,48)(H2,33,39,40);5,7,10-12,27,29H,3-4,6,8,16H2,(H2,17,19,20);1H3/t24-,25-,27?,28-;10-,11-,12-;/m11./s1/i;;1D. The minimum Gasteiger partial charge on any atom is -0.491 e. The predicted octanol–water partition coefficient (Wildman–Crippen LogP) is 6.84. The number of nitrogens with two attached hydrogens (primary N) is 3. The zero-order valence-electron chi connectivity index (χ0n) is 47.9. The number of ether oxygens (including phenoxy) is 7. The van der Waals surface area contributed by atoms with E-state index in [0.717, 1.165) is 0 Å². The molecule has 5 aromatic rings. The van der Waals surface area contributed by atoms with Crippen LogP contribution in [0.5, 0.6) is 5.75 Å². The third kappa shape index (κ3) is 22.8. The number of hydrogen-bond acceptors (Lipinski definition) is 22. The Morgan fingerprint density at radius 2 is 1.42 bits per heavy atom. The van der Waals surface area contributed by atoms with E-state index in [0.29, 0.717) is 107 Å². The van der Waals surface area contributed by atoms with Crippen molar-refractivity contribution in [3.05, 3.63) is 97.3 Å². The number of rotatable bonds is 31. The van der Waals surface area contributed by atoms with E-state index in [-0.39, 0.29) is 132 Å². The number of benzene rings is 1. The Balaban J connectivity index is 0.000000374. The van der Waals surface area contributed by atoms with Gasteiger partial charge in [-0.3, -0.25) is 27.9 Å². The van der Waals surface area contributed by atoms with E-state index in [2.05, 4.69) is 89.6 Å². The van der Waals surface area contributed by atoms with Crippen LogP contribution in [0, 0.1) is 23.7 Å². The van der Waals surface area contributed by atoms with Crippen molar-refractivity contribution in [2.75, 3.05) is 97.0 Å². The first-order chi connectivity index (χ1) is 43.3. The van der Waals surface area contributed by atoms with Crippen LogP contribution in [-0.2, 0) is 47.1 Å². The van der Waals surface area contributed by atoms with Crippen molar-refractivity contribution in [1.82, 2.24) is 45.0 Å². The molecule has 9 N–H and O–H groups in total. The molecule has 7 rings (SSSR count).